The van der Waals surface area contributed by atoms with Gasteiger partial charge >= 0.3 is 0 Å². The molecule has 0 aliphatic heterocycles. The molecular weight excluding hydrogens is 303 g/mol. The number of ether oxygens (including phenoxy) is 1. The molecule has 0 aromatic heterocycles. The topological polar surface area (TPSA) is 61.3 Å². The average molecular weight is 334 g/mol. The molecule has 134 valence electrons. The molecule has 1 aliphatic rings. The maximum atomic E-state index is 6.56. The van der Waals surface area contributed by atoms with Crippen LogP contribution in [0, 0.1) is 0 Å². The summed E-state index contributed by atoms with van der Waals surface area (Å²) >= 11 is 0. The lowest BCUT2D eigenvalue weighted by Crippen LogP contribution is -2.36. The van der Waals surface area contributed by atoms with Crippen molar-refractivity contribution in [3.05, 3.63) is 53.8 Å². The molecule has 0 spiro atoms. The molecule has 4 heteroatoms. The van der Waals surface area contributed by atoms with Gasteiger partial charge in [-0.1, -0.05) is 69.4 Å². The highest BCUT2D eigenvalue weighted by Crippen LogP contribution is 2.34. The van der Waals surface area contributed by atoms with Crippen LogP contribution in [-0.4, -0.2) is 6.61 Å². The van der Waals surface area contributed by atoms with E-state index >= 15 is 0 Å². The van der Waals surface area contributed by atoms with Crippen molar-refractivity contribution in [1.29, 1.82) is 0 Å². The summed E-state index contributed by atoms with van der Waals surface area (Å²) in [6.45, 7) is 2.99. The number of hydrogen-bond acceptors (Lipinski definition) is 3. The first kappa shape index (κ1) is 20.2. The Bertz CT molecular complexity index is 556. The molecule has 3 nitrogen and oxygen atoms in total. The summed E-state index contributed by atoms with van der Waals surface area (Å²) < 4.78 is 6.02. The third-order valence-electron chi connectivity index (χ3n) is 4.39. The molecule has 0 saturated heterocycles. The summed E-state index contributed by atoms with van der Waals surface area (Å²) in [6, 6.07) is 8.07. The van der Waals surface area contributed by atoms with E-state index in [1.807, 2.05) is 36.4 Å². The van der Waals surface area contributed by atoms with Crippen molar-refractivity contribution in [1.82, 2.24) is 0 Å². The molecule has 1 aromatic rings. The molecule has 0 bridgehead atoms. The molecule has 2 rings (SSSR count). The standard InChI is InChI=1S/C20H30N2O.FH/c1-2-3-4-5-6-9-16-23-19-11-8-7-10-18(19)20(22)14-12-17(21)13-15-20;/h7-8,10-14H,2-6,9,15-16,21-22H2,1H3;1H. The fraction of sp³-hybridized carbons (Fsp3) is 0.500. The SMILES string of the molecule is CCCCCCCCOc1ccccc1C1(N)C=CC(N)=CC1.F. The van der Waals surface area contributed by atoms with E-state index in [-0.39, 0.29) is 4.70 Å². The largest absolute Gasteiger partial charge is 0.493 e. The Labute approximate surface area is 145 Å². The predicted octanol–water partition coefficient (Wildman–Crippen LogP) is 4.53. The summed E-state index contributed by atoms with van der Waals surface area (Å²) in [5, 5.41) is 0. The first-order chi connectivity index (χ1) is 11.2. The van der Waals surface area contributed by atoms with Crippen LogP contribution >= 0.6 is 0 Å². The van der Waals surface area contributed by atoms with E-state index in [1.54, 1.807) is 0 Å². The van der Waals surface area contributed by atoms with E-state index in [1.165, 1.54) is 32.1 Å². The lowest BCUT2D eigenvalue weighted by Gasteiger charge is -2.29. The van der Waals surface area contributed by atoms with Crippen molar-refractivity contribution in [3.63, 3.8) is 0 Å². The van der Waals surface area contributed by atoms with Crippen molar-refractivity contribution < 1.29 is 9.44 Å². The van der Waals surface area contributed by atoms with Crippen LogP contribution < -0.4 is 16.2 Å². The third kappa shape index (κ3) is 5.68. The monoisotopic (exact) mass is 334 g/mol. The van der Waals surface area contributed by atoms with Gasteiger partial charge in [0.15, 0.2) is 0 Å². The molecule has 1 unspecified atom stereocenters. The lowest BCUT2D eigenvalue weighted by atomic mass is 9.84. The lowest BCUT2D eigenvalue weighted by molar-refractivity contribution is 0.296. The smallest absolute Gasteiger partial charge is 0.124 e. The number of hydrogen-bond donors (Lipinski definition) is 2. The normalized spacial score (nSPS) is 19.5. The van der Waals surface area contributed by atoms with Crippen LogP contribution in [-0.2, 0) is 5.54 Å². The summed E-state index contributed by atoms with van der Waals surface area (Å²) in [6.07, 6.45) is 14.1. The second-order valence-corrected chi connectivity index (χ2v) is 6.39. The molecular formula is C20H31FN2O. The maximum Gasteiger partial charge on any atom is 0.124 e. The van der Waals surface area contributed by atoms with Gasteiger partial charge in [0.1, 0.15) is 5.75 Å². The van der Waals surface area contributed by atoms with Gasteiger partial charge in [-0.2, -0.15) is 0 Å². The Morgan fingerprint density at radius 1 is 1.08 bits per heavy atom. The third-order valence-corrected chi connectivity index (χ3v) is 4.39. The van der Waals surface area contributed by atoms with E-state index in [9.17, 15) is 0 Å². The van der Waals surface area contributed by atoms with Crippen LogP contribution in [0.15, 0.2) is 48.2 Å². The van der Waals surface area contributed by atoms with E-state index in [4.69, 9.17) is 16.2 Å². The van der Waals surface area contributed by atoms with Crippen molar-refractivity contribution >= 4 is 0 Å². The van der Waals surface area contributed by atoms with Gasteiger partial charge < -0.3 is 16.2 Å². The van der Waals surface area contributed by atoms with Gasteiger partial charge in [0.05, 0.1) is 12.1 Å². The van der Waals surface area contributed by atoms with Gasteiger partial charge in [-0.3, -0.25) is 4.70 Å². The quantitative estimate of drug-likeness (QED) is 0.652. The van der Waals surface area contributed by atoms with Crippen molar-refractivity contribution in [2.75, 3.05) is 6.61 Å². The molecule has 4 N–H and O–H groups in total. The first-order valence-corrected chi connectivity index (χ1v) is 8.82. The van der Waals surface area contributed by atoms with Gasteiger partial charge in [-0.25, -0.2) is 0 Å². The van der Waals surface area contributed by atoms with Crippen molar-refractivity contribution in [2.45, 2.75) is 57.4 Å². The summed E-state index contributed by atoms with van der Waals surface area (Å²) in [5.74, 6) is 0.891. The van der Waals surface area contributed by atoms with Gasteiger partial charge in [0.25, 0.3) is 0 Å². The molecule has 1 aliphatic carbocycles. The number of nitrogens with two attached hydrogens (primary N) is 2. The van der Waals surface area contributed by atoms with E-state index in [0.29, 0.717) is 6.42 Å². The zero-order chi connectivity index (χ0) is 16.5. The number of allylic oxidation sites excluding steroid dienone is 1. The van der Waals surface area contributed by atoms with Gasteiger partial charge in [0, 0.05) is 11.3 Å². The Hall–Kier alpha value is -1.81. The Balaban J connectivity index is 0.00000288. The predicted molar refractivity (Wildman–Crippen MR) is 99.7 cm³/mol. The number of para-hydroxylation sites is 1. The Kier molecular flexibility index (Phi) is 8.55. The zero-order valence-electron chi connectivity index (χ0n) is 14.7. The van der Waals surface area contributed by atoms with E-state index in [2.05, 4.69) is 13.0 Å². The van der Waals surface area contributed by atoms with Crippen LogP contribution in [0.1, 0.15) is 57.4 Å². The highest BCUT2D eigenvalue weighted by Gasteiger charge is 2.28. The second-order valence-electron chi connectivity index (χ2n) is 6.39. The van der Waals surface area contributed by atoms with Crippen LogP contribution in [0.4, 0.5) is 4.70 Å². The average Bonchev–Trinajstić information content (AvgIpc) is 2.57. The summed E-state index contributed by atoms with van der Waals surface area (Å²) in [7, 11) is 0. The molecule has 0 heterocycles. The van der Waals surface area contributed by atoms with Gasteiger partial charge in [0.2, 0.25) is 0 Å². The van der Waals surface area contributed by atoms with Gasteiger partial charge in [-0.15, -0.1) is 0 Å². The minimum absolute atomic E-state index is 0. The van der Waals surface area contributed by atoms with Crippen LogP contribution in [0.2, 0.25) is 0 Å². The minimum atomic E-state index is -0.527. The fourth-order valence-corrected chi connectivity index (χ4v) is 2.91. The molecule has 0 fully saturated rings. The van der Waals surface area contributed by atoms with Crippen LogP contribution in [0.3, 0.4) is 0 Å². The van der Waals surface area contributed by atoms with E-state index < -0.39 is 5.54 Å². The second kappa shape index (κ2) is 10.1. The zero-order valence-corrected chi connectivity index (χ0v) is 14.7. The summed E-state index contributed by atoms with van der Waals surface area (Å²) in [4.78, 5) is 0. The van der Waals surface area contributed by atoms with Crippen LogP contribution in [0.25, 0.3) is 0 Å². The fourth-order valence-electron chi connectivity index (χ4n) is 2.91. The first-order valence-electron chi connectivity index (χ1n) is 8.82. The van der Waals surface area contributed by atoms with Crippen molar-refractivity contribution in [3.8, 4) is 5.75 Å². The molecule has 0 radical (unpaired) electrons. The molecule has 1 atom stereocenters. The maximum absolute atomic E-state index is 6.56. The molecule has 0 amide bonds. The Morgan fingerprint density at radius 2 is 1.79 bits per heavy atom. The molecule has 0 saturated carbocycles. The van der Waals surface area contributed by atoms with E-state index in [0.717, 1.165) is 30.0 Å². The number of benzene rings is 1. The highest BCUT2D eigenvalue weighted by molar-refractivity contribution is 5.44. The van der Waals surface area contributed by atoms with Crippen molar-refractivity contribution in [2.24, 2.45) is 11.5 Å². The number of halogens is 1. The number of unbranched alkanes of at least 4 members (excludes halogenated alkanes) is 5. The molecule has 24 heavy (non-hydrogen) atoms. The Morgan fingerprint density at radius 3 is 2.50 bits per heavy atom. The summed E-state index contributed by atoms with van der Waals surface area (Å²) in [5.41, 5.74) is 13.7. The highest BCUT2D eigenvalue weighted by atomic mass is 19.0. The molecule has 1 aromatic carbocycles. The number of rotatable bonds is 9. The van der Waals surface area contributed by atoms with Crippen LogP contribution in [0.5, 0.6) is 5.75 Å². The minimum Gasteiger partial charge on any atom is -0.493 e. The van der Waals surface area contributed by atoms with Gasteiger partial charge in [-0.05, 0) is 25.0 Å².